The number of amides is 1. The molecule has 0 bridgehead atoms. The van der Waals surface area contributed by atoms with Crippen LogP contribution in [-0.2, 0) is 29.0 Å². The molecule has 8 nitrogen and oxygen atoms in total. The lowest BCUT2D eigenvalue weighted by Gasteiger charge is -2.17. The van der Waals surface area contributed by atoms with Crippen molar-refractivity contribution >= 4 is 5.91 Å². The number of carbonyl (C=O) groups is 1. The first kappa shape index (κ1) is 18.1. The van der Waals surface area contributed by atoms with Crippen LogP contribution in [0.3, 0.4) is 0 Å². The van der Waals surface area contributed by atoms with Crippen molar-refractivity contribution in [1.29, 1.82) is 0 Å². The van der Waals surface area contributed by atoms with E-state index in [-0.39, 0.29) is 11.8 Å². The second-order valence-corrected chi connectivity index (χ2v) is 7.57. The second-order valence-electron chi connectivity index (χ2n) is 7.57. The van der Waals surface area contributed by atoms with Crippen LogP contribution in [0.25, 0.3) is 11.4 Å². The average Bonchev–Trinajstić information content (AvgIpc) is 3.51. The van der Waals surface area contributed by atoms with Crippen LogP contribution in [0, 0.1) is 0 Å². The number of aromatic amines is 1. The fourth-order valence-corrected chi connectivity index (χ4v) is 4.11. The van der Waals surface area contributed by atoms with Gasteiger partial charge in [0, 0.05) is 55.1 Å². The van der Waals surface area contributed by atoms with E-state index in [1.807, 2.05) is 35.2 Å². The number of aromatic nitrogens is 4. The monoisotopic (exact) mass is 393 g/mol. The molecule has 1 saturated heterocycles. The van der Waals surface area contributed by atoms with Crippen LogP contribution in [0.1, 0.15) is 41.6 Å². The molecule has 2 aliphatic heterocycles. The van der Waals surface area contributed by atoms with E-state index in [4.69, 9.17) is 9.26 Å². The Hall–Kier alpha value is -3.00. The molecule has 1 amide bonds. The molecule has 1 fully saturated rings. The molecule has 1 unspecified atom stereocenters. The summed E-state index contributed by atoms with van der Waals surface area (Å²) in [5.41, 5.74) is 4.35. The SMILES string of the molecule is O=C(CCc1nc(-c2ccccc2)no1)N1CCC(c2n[nH]c3c2COCC3)C1. The first-order valence-electron chi connectivity index (χ1n) is 10.1. The van der Waals surface area contributed by atoms with E-state index in [1.165, 1.54) is 11.3 Å². The molecular formula is C21H23N5O3. The molecule has 0 aliphatic carbocycles. The van der Waals surface area contributed by atoms with Gasteiger partial charge in [-0.05, 0) is 6.42 Å². The Morgan fingerprint density at radius 1 is 1.28 bits per heavy atom. The van der Waals surface area contributed by atoms with Gasteiger partial charge in [-0.15, -0.1) is 0 Å². The van der Waals surface area contributed by atoms with E-state index in [9.17, 15) is 4.79 Å². The predicted molar refractivity (Wildman–Crippen MR) is 104 cm³/mol. The van der Waals surface area contributed by atoms with E-state index < -0.39 is 0 Å². The Balaban J connectivity index is 1.17. The Bertz CT molecular complexity index is 997. The highest BCUT2D eigenvalue weighted by Crippen LogP contribution is 2.31. The smallest absolute Gasteiger partial charge is 0.227 e. The number of hydrogen-bond acceptors (Lipinski definition) is 6. The highest BCUT2D eigenvalue weighted by molar-refractivity contribution is 5.76. The van der Waals surface area contributed by atoms with Crippen LogP contribution in [0.2, 0.25) is 0 Å². The summed E-state index contributed by atoms with van der Waals surface area (Å²) in [6.07, 6.45) is 2.63. The van der Waals surface area contributed by atoms with Gasteiger partial charge in [0.2, 0.25) is 17.6 Å². The summed E-state index contributed by atoms with van der Waals surface area (Å²) < 4.78 is 10.9. The molecule has 0 saturated carbocycles. The summed E-state index contributed by atoms with van der Waals surface area (Å²) in [6, 6.07) is 9.67. The van der Waals surface area contributed by atoms with Gasteiger partial charge in [0.25, 0.3) is 0 Å². The number of rotatable bonds is 5. The molecule has 1 aromatic carbocycles. The van der Waals surface area contributed by atoms with Crippen molar-refractivity contribution in [2.75, 3.05) is 19.7 Å². The van der Waals surface area contributed by atoms with Crippen molar-refractivity contribution in [3.63, 3.8) is 0 Å². The number of H-pyrrole nitrogens is 1. The summed E-state index contributed by atoms with van der Waals surface area (Å²) in [5.74, 6) is 1.44. The molecule has 29 heavy (non-hydrogen) atoms. The third kappa shape index (κ3) is 3.67. The Morgan fingerprint density at radius 3 is 3.07 bits per heavy atom. The predicted octanol–water partition coefficient (Wildman–Crippen LogP) is 2.48. The number of nitrogens with zero attached hydrogens (tertiary/aromatic N) is 4. The van der Waals surface area contributed by atoms with Crippen molar-refractivity contribution in [2.24, 2.45) is 0 Å². The Morgan fingerprint density at radius 2 is 2.17 bits per heavy atom. The molecular weight excluding hydrogens is 370 g/mol. The van der Waals surface area contributed by atoms with Crippen LogP contribution in [0.15, 0.2) is 34.9 Å². The lowest BCUT2D eigenvalue weighted by Crippen LogP contribution is -2.28. The van der Waals surface area contributed by atoms with Crippen LogP contribution >= 0.6 is 0 Å². The number of fused-ring (bicyclic) bond motifs is 1. The van der Waals surface area contributed by atoms with Crippen molar-refractivity contribution in [1.82, 2.24) is 25.2 Å². The van der Waals surface area contributed by atoms with Gasteiger partial charge in [0.05, 0.1) is 18.9 Å². The third-order valence-electron chi connectivity index (χ3n) is 5.71. The van der Waals surface area contributed by atoms with Gasteiger partial charge in [0.1, 0.15) is 0 Å². The van der Waals surface area contributed by atoms with E-state index >= 15 is 0 Å². The summed E-state index contributed by atoms with van der Waals surface area (Å²) >= 11 is 0. The maximum atomic E-state index is 12.7. The highest BCUT2D eigenvalue weighted by atomic mass is 16.5. The topological polar surface area (TPSA) is 97.1 Å². The van der Waals surface area contributed by atoms with E-state index in [0.29, 0.717) is 37.7 Å². The molecule has 2 aliphatic rings. The second kappa shape index (κ2) is 7.79. The van der Waals surface area contributed by atoms with Gasteiger partial charge in [0.15, 0.2) is 0 Å². The van der Waals surface area contributed by atoms with Gasteiger partial charge in [-0.1, -0.05) is 35.5 Å². The molecule has 150 valence electrons. The van der Waals surface area contributed by atoms with Crippen LogP contribution in [0.5, 0.6) is 0 Å². The number of likely N-dealkylation sites (tertiary alicyclic amines) is 1. The fraction of sp³-hybridized carbons (Fsp3) is 0.429. The van der Waals surface area contributed by atoms with Crippen LogP contribution in [-0.4, -0.2) is 50.8 Å². The molecule has 3 aromatic rings. The first-order chi connectivity index (χ1) is 14.3. The largest absolute Gasteiger partial charge is 0.376 e. The molecule has 5 rings (SSSR count). The van der Waals surface area contributed by atoms with E-state index in [1.54, 1.807) is 0 Å². The minimum Gasteiger partial charge on any atom is -0.376 e. The minimum atomic E-state index is 0.118. The van der Waals surface area contributed by atoms with Gasteiger partial charge in [-0.2, -0.15) is 10.1 Å². The quantitative estimate of drug-likeness (QED) is 0.715. The highest BCUT2D eigenvalue weighted by Gasteiger charge is 2.32. The van der Waals surface area contributed by atoms with Crippen molar-refractivity contribution in [2.45, 2.75) is 38.2 Å². The maximum absolute atomic E-state index is 12.7. The van der Waals surface area contributed by atoms with Gasteiger partial charge < -0.3 is 14.2 Å². The molecule has 2 aromatic heterocycles. The molecule has 1 atom stereocenters. The molecule has 8 heteroatoms. The number of nitrogens with one attached hydrogen (secondary N) is 1. The van der Waals surface area contributed by atoms with Crippen LogP contribution < -0.4 is 0 Å². The zero-order chi connectivity index (χ0) is 19.6. The van der Waals surface area contributed by atoms with Gasteiger partial charge in [-0.25, -0.2) is 0 Å². The fourth-order valence-electron chi connectivity index (χ4n) is 4.11. The van der Waals surface area contributed by atoms with Crippen molar-refractivity contribution in [3.8, 4) is 11.4 Å². The van der Waals surface area contributed by atoms with Crippen molar-refractivity contribution in [3.05, 3.63) is 53.2 Å². The Kier molecular flexibility index (Phi) is 4.85. The number of benzene rings is 1. The van der Waals surface area contributed by atoms with Crippen molar-refractivity contribution < 1.29 is 14.1 Å². The van der Waals surface area contributed by atoms with Gasteiger partial charge >= 0.3 is 0 Å². The van der Waals surface area contributed by atoms with Crippen LogP contribution in [0.4, 0.5) is 0 Å². The summed E-state index contributed by atoms with van der Waals surface area (Å²) in [4.78, 5) is 19.0. The average molecular weight is 393 g/mol. The molecule has 1 N–H and O–H groups in total. The first-order valence-corrected chi connectivity index (χ1v) is 10.1. The van der Waals surface area contributed by atoms with E-state index in [2.05, 4.69) is 20.3 Å². The summed E-state index contributed by atoms with van der Waals surface area (Å²) in [6.45, 7) is 2.82. The zero-order valence-electron chi connectivity index (χ0n) is 16.1. The summed E-state index contributed by atoms with van der Waals surface area (Å²) in [7, 11) is 0. The maximum Gasteiger partial charge on any atom is 0.227 e. The number of ether oxygens (including phenoxy) is 1. The number of carbonyl (C=O) groups excluding carboxylic acids is 1. The minimum absolute atomic E-state index is 0.118. The normalized spacial score (nSPS) is 18.8. The summed E-state index contributed by atoms with van der Waals surface area (Å²) in [5, 5.41) is 11.7. The lowest BCUT2D eigenvalue weighted by molar-refractivity contribution is -0.130. The van der Waals surface area contributed by atoms with E-state index in [0.717, 1.165) is 37.3 Å². The molecule has 4 heterocycles. The molecule has 0 radical (unpaired) electrons. The Labute approximate surface area is 168 Å². The zero-order valence-corrected chi connectivity index (χ0v) is 16.1. The number of aryl methyl sites for hydroxylation is 1. The standard InChI is InChI=1S/C21H23N5O3/c27-19(7-6-18-22-21(25-29-18)14-4-2-1-3-5-14)26-10-8-15(12-26)20-16-13-28-11-9-17(16)23-24-20/h1-5,15H,6-13H2,(H,23,24). The number of hydrogen-bond donors (Lipinski definition) is 1. The van der Waals surface area contributed by atoms with Gasteiger partial charge in [-0.3, -0.25) is 9.89 Å². The third-order valence-corrected chi connectivity index (χ3v) is 5.71. The molecule has 0 spiro atoms. The lowest BCUT2D eigenvalue weighted by atomic mass is 9.98.